The Labute approximate surface area is 98.6 Å². The first-order valence-electron chi connectivity index (χ1n) is 6.34. The van der Waals surface area contributed by atoms with E-state index in [-0.39, 0.29) is 6.10 Å². The van der Waals surface area contributed by atoms with E-state index in [1.54, 1.807) is 5.57 Å². The van der Waals surface area contributed by atoms with Gasteiger partial charge < -0.3 is 10.0 Å². The van der Waals surface area contributed by atoms with Gasteiger partial charge in [0.05, 0.1) is 6.10 Å². The third-order valence-corrected chi connectivity index (χ3v) is 3.85. The van der Waals surface area contributed by atoms with Gasteiger partial charge in [-0.05, 0) is 58.7 Å². The largest absolute Gasteiger partial charge is 0.392 e. The van der Waals surface area contributed by atoms with Crippen molar-refractivity contribution in [3.8, 4) is 0 Å². The topological polar surface area (TPSA) is 23.5 Å². The molecule has 0 aromatic carbocycles. The maximum absolute atomic E-state index is 10.1. The highest BCUT2D eigenvalue weighted by atomic mass is 16.3. The second kappa shape index (κ2) is 5.15. The molecule has 90 valence electrons. The van der Waals surface area contributed by atoms with Crippen LogP contribution in [0.25, 0.3) is 0 Å². The van der Waals surface area contributed by atoms with Gasteiger partial charge in [-0.1, -0.05) is 23.3 Å². The van der Waals surface area contributed by atoms with Gasteiger partial charge in [0.2, 0.25) is 0 Å². The molecule has 0 amide bonds. The first kappa shape index (κ1) is 11.9. The Bertz CT molecular complexity index is 304. The van der Waals surface area contributed by atoms with Crippen LogP contribution in [0.4, 0.5) is 0 Å². The van der Waals surface area contributed by atoms with Gasteiger partial charge in [-0.25, -0.2) is 0 Å². The Balaban J connectivity index is 1.95. The summed E-state index contributed by atoms with van der Waals surface area (Å²) in [4.78, 5) is 2.21. The molecule has 0 aliphatic heterocycles. The number of hydrogen-bond donors (Lipinski definition) is 1. The summed E-state index contributed by atoms with van der Waals surface area (Å²) >= 11 is 0. The highest BCUT2D eigenvalue weighted by molar-refractivity contribution is 5.27. The van der Waals surface area contributed by atoms with Crippen molar-refractivity contribution in [2.45, 2.75) is 38.2 Å². The number of rotatable bonds is 3. The quantitative estimate of drug-likeness (QED) is 0.740. The Morgan fingerprint density at radius 2 is 1.81 bits per heavy atom. The maximum Gasteiger partial charge on any atom is 0.0609 e. The minimum absolute atomic E-state index is 0.106. The summed E-state index contributed by atoms with van der Waals surface area (Å²) in [6.45, 7) is 1.08. The lowest BCUT2D eigenvalue weighted by Crippen LogP contribution is -2.29. The van der Waals surface area contributed by atoms with Crippen LogP contribution in [0.5, 0.6) is 0 Å². The molecule has 0 aromatic heterocycles. The molecule has 16 heavy (non-hydrogen) atoms. The maximum atomic E-state index is 10.1. The summed E-state index contributed by atoms with van der Waals surface area (Å²) in [5.74, 6) is 0.479. The fourth-order valence-corrected chi connectivity index (χ4v) is 2.79. The lowest BCUT2D eigenvalue weighted by molar-refractivity contribution is 0.0886. The molecule has 0 radical (unpaired) electrons. The Hall–Kier alpha value is -0.600. The van der Waals surface area contributed by atoms with Crippen LogP contribution in [0.15, 0.2) is 23.3 Å². The van der Waals surface area contributed by atoms with Gasteiger partial charge in [0.1, 0.15) is 0 Å². The highest BCUT2D eigenvalue weighted by Gasteiger charge is 2.28. The SMILES string of the molecule is CN(C)CCC1CC2=C(CC=CC2)CC1O. The van der Waals surface area contributed by atoms with E-state index in [0.29, 0.717) is 5.92 Å². The number of hydrogen-bond acceptors (Lipinski definition) is 2. The fraction of sp³-hybridized carbons (Fsp3) is 0.714. The molecule has 0 saturated heterocycles. The first-order chi connectivity index (χ1) is 7.66. The Morgan fingerprint density at radius 1 is 1.19 bits per heavy atom. The van der Waals surface area contributed by atoms with Crippen LogP contribution in [0, 0.1) is 5.92 Å². The second-order valence-electron chi connectivity index (χ2n) is 5.41. The normalized spacial score (nSPS) is 29.8. The Kier molecular flexibility index (Phi) is 3.82. The van der Waals surface area contributed by atoms with Gasteiger partial charge in [-0.2, -0.15) is 0 Å². The molecular weight excluding hydrogens is 198 g/mol. The van der Waals surface area contributed by atoms with E-state index in [4.69, 9.17) is 0 Å². The van der Waals surface area contributed by atoms with Crippen molar-refractivity contribution in [3.05, 3.63) is 23.3 Å². The van der Waals surface area contributed by atoms with Gasteiger partial charge >= 0.3 is 0 Å². The van der Waals surface area contributed by atoms with Crippen molar-refractivity contribution in [2.24, 2.45) is 5.92 Å². The van der Waals surface area contributed by atoms with Crippen molar-refractivity contribution >= 4 is 0 Å². The average molecular weight is 221 g/mol. The van der Waals surface area contributed by atoms with Crippen molar-refractivity contribution < 1.29 is 5.11 Å². The monoisotopic (exact) mass is 221 g/mol. The molecule has 1 N–H and O–H groups in total. The van der Waals surface area contributed by atoms with Gasteiger partial charge in [-0.3, -0.25) is 0 Å². The molecule has 2 atom stereocenters. The minimum Gasteiger partial charge on any atom is -0.392 e. The van der Waals surface area contributed by atoms with Gasteiger partial charge in [0.15, 0.2) is 0 Å². The zero-order valence-corrected chi connectivity index (χ0v) is 10.4. The third kappa shape index (κ3) is 2.74. The Morgan fingerprint density at radius 3 is 2.44 bits per heavy atom. The predicted octanol–water partition coefficient (Wildman–Crippen LogP) is 2.36. The van der Waals surface area contributed by atoms with Crippen molar-refractivity contribution in [2.75, 3.05) is 20.6 Å². The van der Waals surface area contributed by atoms with Gasteiger partial charge in [0, 0.05) is 0 Å². The zero-order valence-electron chi connectivity index (χ0n) is 10.4. The number of aliphatic hydroxyl groups excluding tert-OH is 1. The van der Waals surface area contributed by atoms with E-state index in [9.17, 15) is 5.11 Å². The van der Waals surface area contributed by atoms with Crippen molar-refractivity contribution in [1.82, 2.24) is 4.90 Å². The lowest BCUT2D eigenvalue weighted by Gasteiger charge is -2.33. The lowest BCUT2D eigenvalue weighted by atomic mass is 9.76. The van der Waals surface area contributed by atoms with Crippen LogP contribution in [0.1, 0.15) is 32.1 Å². The molecule has 2 heteroatoms. The first-order valence-corrected chi connectivity index (χ1v) is 6.34. The van der Waals surface area contributed by atoms with E-state index in [2.05, 4.69) is 31.1 Å². The van der Waals surface area contributed by atoms with E-state index in [1.807, 2.05) is 0 Å². The summed E-state index contributed by atoms with van der Waals surface area (Å²) in [5.41, 5.74) is 3.12. The van der Waals surface area contributed by atoms with Crippen molar-refractivity contribution in [3.63, 3.8) is 0 Å². The number of allylic oxidation sites excluding steroid dienone is 3. The molecule has 2 rings (SSSR count). The minimum atomic E-state index is -0.106. The molecule has 0 aromatic rings. The predicted molar refractivity (Wildman–Crippen MR) is 67.3 cm³/mol. The summed E-state index contributed by atoms with van der Waals surface area (Å²) in [7, 11) is 4.20. The standard InChI is InChI=1S/C14H23NO/c1-15(2)8-7-13-9-11-5-3-4-6-12(11)10-14(13)16/h3-4,13-14,16H,5-10H2,1-2H3. The van der Waals surface area contributed by atoms with Crippen LogP contribution in [0.2, 0.25) is 0 Å². The summed E-state index contributed by atoms with van der Waals surface area (Å²) in [6, 6.07) is 0. The van der Waals surface area contributed by atoms with Crippen molar-refractivity contribution in [1.29, 1.82) is 0 Å². The summed E-state index contributed by atoms with van der Waals surface area (Å²) in [6.07, 6.45) is 9.77. The third-order valence-electron chi connectivity index (χ3n) is 3.85. The molecule has 0 spiro atoms. The fourth-order valence-electron chi connectivity index (χ4n) is 2.79. The van der Waals surface area contributed by atoms with E-state index < -0.39 is 0 Å². The molecule has 0 fully saturated rings. The molecule has 0 heterocycles. The summed E-state index contributed by atoms with van der Waals surface area (Å²) < 4.78 is 0. The summed E-state index contributed by atoms with van der Waals surface area (Å²) in [5, 5.41) is 10.1. The number of aliphatic hydroxyl groups is 1. The van der Waals surface area contributed by atoms with E-state index in [0.717, 1.165) is 38.6 Å². The second-order valence-corrected chi connectivity index (χ2v) is 5.41. The number of nitrogens with zero attached hydrogens (tertiary/aromatic N) is 1. The van der Waals surface area contributed by atoms with Gasteiger partial charge in [0.25, 0.3) is 0 Å². The molecule has 2 aliphatic rings. The smallest absolute Gasteiger partial charge is 0.0609 e. The van der Waals surface area contributed by atoms with Crippen LogP contribution >= 0.6 is 0 Å². The zero-order chi connectivity index (χ0) is 11.5. The molecule has 2 nitrogen and oxygen atoms in total. The van der Waals surface area contributed by atoms with Crippen LogP contribution in [-0.4, -0.2) is 36.8 Å². The highest BCUT2D eigenvalue weighted by Crippen LogP contribution is 2.37. The van der Waals surface area contributed by atoms with Crippen LogP contribution in [0.3, 0.4) is 0 Å². The van der Waals surface area contributed by atoms with Crippen LogP contribution < -0.4 is 0 Å². The van der Waals surface area contributed by atoms with E-state index >= 15 is 0 Å². The van der Waals surface area contributed by atoms with Crippen LogP contribution in [-0.2, 0) is 0 Å². The molecule has 2 unspecified atom stereocenters. The average Bonchev–Trinajstić information content (AvgIpc) is 2.26. The van der Waals surface area contributed by atoms with E-state index in [1.165, 1.54) is 5.57 Å². The van der Waals surface area contributed by atoms with Gasteiger partial charge in [-0.15, -0.1) is 0 Å². The molecule has 0 bridgehead atoms. The molecular formula is C14H23NO. The molecule has 2 aliphatic carbocycles. The molecule has 0 saturated carbocycles.